The summed E-state index contributed by atoms with van der Waals surface area (Å²) in [6, 6.07) is 15.6. The molecule has 168 valence electrons. The van der Waals surface area contributed by atoms with E-state index in [9.17, 15) is 13.2 Å². The first kappa shape index (κ1) is 22.9. The number of carbonyl (C=O) groups is 1. The Morgan fingerprint density at radius 2 is 1.90 bits per heavy atom. The predicted octanol–water partition coefficient (Wildman–Crippen LogP) is 2.81. The van der Waals surface area contributed by atoms with Gasteiger partial charge in [-0.15, -0.1) is 0 Å². The van der Waals surface area contributed by atoms with E-state index in [1.165, 1.54) is 22.6 Å². The van der Waals surface area contributed by atoms with Gasteiger partial charge < -0.3 is 15.0 Å². The molecule has 2 aromatic carbocycles. The highest BCUT2D eigenvalue weighted by atomic mass is 32.2. The Morgan fingerprint density at radius 3 is 2.58 bits per heavy atom. The van der Waals surface area contributed by atoms with Crippen LogP contribution in [0.25, 0.3) is 0 Å². The van der Waals surface area contributed by atoms with Crippen molar-refractivity contribution in [2.75, 3.05) is 35.6 Å². The molecule has 0 aromatic heterocycles. The molecule has 1 aliphatic heterocycles. The largest absolute Gasteiger partial charge is 0.481 e. The van der Waals surface area contributed by atoms with Crippen LogP contribution in [0.3, 0.4) is 0 Å². The summed E-state index contributed by atoms with van der Waals surface area (Å²) in [4.78, 5) is 14.8. The van der Waals surface area contributed by atoms with Crippen LogP contribution in [0.4, 0.5) is 11.4 Å². The van der Waals surface area contributed by atoms with Gasteiger partial charge in [0.05, 0.1) is 11.9 Å². The van der Waals surface area contributed by atoms with Gasteiger partial charge in [-0.05, 0) is 62.6 Å². The second-order valence-electron chi connectivity index (χ2n) is 8.00. The fourth-order valence-corrected chi connectivity index (χ4v) is 4.26. The zero-order valence-electron chi connectivity index (χ0n) is 18.5. The molecule has 8 heteroatoms. The van der Waals surface area contributed by atoms with Crippen LogP contribution in [0.2, 0.25) is 0 Å². The molecule has 0 saturated carbocycles. The van der Waals surface area contributed by atoms with Crippen LogP contribution in [0.1, 0.15) is 25.8 Å². The minimum absolute atomic E-state index is 0.174. The molecule has 1 heterocycles. The number of nitrogens with one attached hydrogen (secondary N) is 1. The van der Waals surface area contributed by atoms with Gasteiger partial charge in [-0.2, -0.15) is 0 Å². The molecule has 0 radical (unpaired) electrons. The molecule has 1 aliphatic rings. The lowest BCUT2D eigenvalue weighted by molar-refractivity contribution is -0.127. The van der Waals surface area contributed by atoms with Gasteiger partial charge in [-0.1, -0.05) is 18.2 Å². The maximum absolute atomic E-state index is 12.4. The standard InChI is InChI=1S/C23H31N3O4S/c1-17-16-19-8-5-6-9-22(19)26(17)15-7-14-24-23(27)18(2)30-21-12-10-20(11-13-21)25(3)31(4,28)29/h5-6,8-13,17-18H,7,14-16H2,1-4H3,(H,24,27)/t17-,18+/m1/s1. The molecule has 31 heavy (non-hydrogen) atoms. The van der Waals surface area contributed by atoms with Gasteiger partial charge in [0.1, 0.15) is 5.75 Å². The Kier molecular flexibility index (Phi) is 7.10. The molecule has 1 N–H and O–H groups in total. The zero-order valence-corrected chi connectivity index (χ0v) is 19.4. The van der Waals surface area contributed by atoms with Crippen molar-refractivity contribution in [2.24, 2.45) is 0 Å². The van der Waals surface area contributed by atoms with Crippen molar-refractivity contribution in [1.29, 1.82) is 0 Å². The van der Waals surface area contributed by atoms with E-state index >= 15 is 0 Å². The molecule has 3 rings (SSSR count). The highest BCUT2D eigenvalue weighted by molar-refractivity contribution is 7.92. The number of benzene rings is 2. The first-order valence-electron chi connectivity index (χ1n) is 10.5. The average Bonchev–Trinajstić information content (AvgIpc) is 3.05. The smallest absolute Gasteiger partial charge is 0.260 e. The Balaban J connectivity index is 1.44. The van der Waals surface area contributed by atoms with Crippen molar-refractivity contribution < 1.29 is 17.9 Å². The summed E-state index contributed by atoms with van der Waals surface area (Å²) in [5.41, 5.74) is 3.21. The van der Waals surface area contributed by atoms with Gasteiger partial charge in [0.2, 0.25) is 10.0 Å². The molecular formula is C23H31N3O4S. The second kappa shape index (κ2) is 9.60. The first-order chi connectivity index (χ1) is 14.7. The number of nitrogens with zero attached hydrogens (tertiary/aromatic N) is 2. The fraction of sp³-hybridized carbons (Fsp3) is 0.435. The maximum Gasteiger partial charge on any atom is 0.260 e. The molecule has 0 fully saturated rings. The summed E-state index contributed by atoms with van der Waals surface area (Å²) in [6.45, 7) is 5.40. The fourth-order valence-electron chi connectivity index (χ4n) is 3.76. The lowest BCUT2D eigenvalue weighted by Gasteiger charge is -2.25. The van der Waals surface area contributed by atoms with Crippen LogP contribution in [-0.4, -0.2) is 52.9 Å². The van der Waals surface area contributed by atoms with Crippen LogP contribution in [0.5, 0.6) is 5.75 Å². The number of fused-ring (bicyclic) bond motifs is 1. The zero-order chi connectivity index (χ0) is 22.6. The highest BCUT2D eigenvalue weighted by Crippen LogP contribution is 2.31. The lowest BCUT2D eigenvalue weighted by Crippen LogP contribution is -2.38. The van der Waals surface area contributed by atoms with E-state index in [2.05, 4.69) is 41.4 Å². The monoisotopic (exact) mass is 445 g/mol. The number of carbonyl (C=O) groups excluding carboxylic acids is 1. The minimum Gasteiger partial charge on any atom is -0.481 e. The molecule has 0 unspecified atom stereocenters. The average molecular weight is 446 g/mol. The van der Waals surface area contributed by atoms with Crippen LogP contribution in [-0.2, 0) is 21.2 Å². The van der Waals surface area contributed by atoms with Gasteiger partial charge in [-0.3, -0.25) is 9.10 Å². The number of amides is 1. The summed E-state index contributed by atoms with van der Waals surface area (Å²) in [6.07, 6.45) is 2.41. The van der Waals surface area contributed by atoms with Crippen LogP contribution in [0.15, 0.2) is 48.5 Å². The van der Waals surface area contributed by atoms with Crippen LogP contribution < -0.4 is 19.3 Å². The van der Waals surface area contributed by atoms with E-state index in [4.69, 9.17) is 4.74 Å². The van der Waals surface area contributed by atoms with E-state index in [0.717, 1.165) is 25.6 Å². The van der Waals surface area contributed by atoms with Crippen LogP contribution >= 0.6 is 0 Å². The molecular weight excluding hydrogens is 414 g/mol. The number of sulfonamides is 1. The quantitative estimate of drug-likeness (QED) is 0.601. The maximum atomic E-state index is 12.4. The molecule has 7 nitrogen and oxygen atoms in total. The van der Waals surface area contributed by atoms with Gasteiger partial charge in [0.15, 0.2) is 6.10 Å². The van der Waals surface area contributed by atoms with Crippen molar-refractivity contribution in [3.8, 4) is 5.75 Å². The second-order valence-corrected chi connectivity index (χ2v) is 10.0. The minimum atomic E-state index is -3.32. The number of anilines is 2. The third kappa shape index (κ3) is 5.70. The molecule has 2 atom stereocenters. The van der Waals surface area contributed by atoms with E-state index in [-0.39, 0.29) is 5.91 Å². The number of hydrogen-bond donors (Lipinski definition) is 1. The molecule has 2 aromatic rings. The van der Waals surface area contributed by atoms with Crippen molar-refractivity contribution in [2.45, 2.75) is 38.8 Å². The normalized spacial score (nSPS) is 16.5. The van der Waals surface area contributed by atoms with Crippen molar-refractivity contribution in [3.63, 3.8) is 0 Å². The summed E-state index contributed by atoms with van der Waals surface area (Å²) in [5.74, 6) is 0.336. The third-order valence-electron chi connectivity index (χ3n) is 5.60. The Bertz CT molecular complexity index is 1010. The van der Waals surface area contributed by atoms with E-state index in [0.29, 0.717) is 24.0 Å². The summed E-state index contributed by atoms with van der Waals surface area (Å²) >= 11 is 0. The number of hydrogen-bond acceptors (Lipinski definition) is 5. The van der Waals surface area contributed by atoms with Gasteiger partial charge >= 0.3 is 0 Å². The SMILES string of the molecule is C[C@H](Oc1ccc(N(C)S(C)(=O)=O)cc1)C(=O)NCCCN1c2ccccc2C[C@H]1C. The van der Waals surface area contributed by atoms with E-state index in [1.54, 1.807) is 31.2 Å². The van der Waals surface area contributed by atoms with Crippen molar-refractivity contribution in [3.05, 3.63) is 54.1 Å². The Morgan fingerprint density at radius 1 is 1.23 bits per heavy atom. The lowest BCUT2D eigenvalue weighted by atomic mass is 10.1. The first-order valence-corrected chi connectivity index (χ1v) is 12.3. The van der Waals surface area contributed by atoms with Gasteiger partial charge in [0, 0.05) is 31.9 Å². The van der Waals surface area contributed by atoms with E-state index in [1.807, 2.05) is 0 Å². The summed E-state index contributed by atoms with van der Waals surface area (Å²) in [5, 5.41) is 2.94. The number of ether oxygens (including phenoxy) is 1. The molecule has 1 amide bonds. The third-order valence-corrected chi connectivity index (χ3v) is 6.81. The Labute approximate surface area is 185 Å². The Hall–Kier alpha value is -2.74. The van der Waals surface area contributed by atoms with Crippen LogP contribution in [0, 0.1) is 0 Å². The van der Waals surface area contributed by atoms with Gasteiger partial charge in [-0.25, -0.2) is 8.42 Å². The number of rotatable bonds is 9. The molecule has 0 saturated heterocycles. The highest BCUT2D eigenvalue weighted by Gasteiger charge is 2.24. The predicted molar refractivity (Wildman–Crippen MR) is 124 cm³/mol. The molecule has 0 spiro atoms. The summed E-state index contributed by atoms with van der Waals surface area (Å²) < 4.78 is 30.1. The molecule has 0 aliphatic carbocycles. The van der Waals surface area contributed by atoms with Gasteiger partial charge in [0.25, 0.3) is 5.91 Å². The summed E-state index contributed by atoms with van der Waals surface area (Å²) in [7, 11) is -1.83. The van der Waals surface area contributed by atoms with Crippen molar-refractivity contribution in [1.82, 2.24) is 5.32 Å². The van der Waals surface area contributed by atoms with Crippen molar-refractivity contribution >= 4 is 27.3 Å². The topological polar surface area (TPSA) is 78.9 Å². The van der Waals surface area contributed by atoms with E-state index < -0.39 is 16.1 Å². The molecule has 0 bridgehead atoms. The number of para-hydroxylation sites is 1.